The third-order valence-electron chi connectivity index (χ3n) is 4.13. The average Bonchev–Trinajstić information content (AvgIpc) is 3.12. The molecule has 0 aliphatic rings. The van der Waals surface area contributed by atoms with Crippen LogP contribution in [0.15, 0.2) is 71.3 Å². The van der Waals surface area contributed by atoms with E-state index in [0.717, 1.165) is 24.1 Å². The summed E-state index contributed by atoms with van der Waals surface area (Å²) in [6, 6.07) is 19.7. The van der Waals surface area contributed by atoms with E-state index in [1.165, 1.54) is 5.56 Å². The Morgan fingerprint density at radius 3 is 2.40 bits per heavy atom. The number of oxazole rings is 1. The number of carbonyl (C=O) groups excluding carboxylic acids is 1. The molecule has 0 radical (unpaired) electrons. The number of rotatable bonds is 7. The van der Waals surface area contributed by atoms with E-state index >= 15 is 0 Å². The number of aromatic nitrogens is 1. The van der Waals surface area contributed by atoms with Crippen LogP contribution in [0.4, 0.5) is 0 Å². The van der Waals surface area contributed by atoms with Crippen LogP contribution in [0.5, 0.6) is 0 Å². The van der Waals surface area contributed by atoms with Gasteiger partial charge >= 0.3 is 0 Å². The van der Waals surface area contributed by atoms with Crippen LogP contribution < -0.4 is 5.32 Å². The lowest BCUT2D eigenvalue weighted by atomic mass is 9.98. The fourth-order valence-electron chi connectivity index (χ4n) is 2.75. The van der Waals surface area contributed by atoms with Crippen LogP contribution in [-0.2, 0) is 17.6 Å². The quantitative estimate of drug-likeness (QED) is 0.716. The van der Waals surface area contributed by atoms with Crippen molar-refractivity contribution in [2.45, 2.75) is 25.7 Å². The van der Waals surface area contributed by atoms with Crippen molar-refractivity contribution in [2.24, 2.45) is 0 Å². The first kappa shape index (κ1) is 17.0. The monoisotopic (exact) mass is 334 g/mol. The minimum atomic E-state index is -0.530. The first-order valence-electron chi connectivity index (χ1n) is 8.58. The van der Waals surface area contributed by atoms with Gasteiger partial charge in [-0.05, 0) is 24.0 Å². The van der Waals surface area contributed by atoms with E-state index in [-0.39, 0.29) is 5.91 Å². The molecule has 25 heavy (non-hydrogen) atoms. The molecule has 1 aromatic heterocycles. The van der Waals surface area contributed by atoms with Crippen LogP contribution in [0.3, 0.4) is 0 Å². The SMILES string of the molecule is CCc1coc([C@@H](C(=O)NCCc2ccccc2)c2ccccc2)n1. The Kier molecular flexibility index (Phi) is 5.62. The van der Waals surface area contributed by atoms with Gasteiger partial charge in [0.15, 0.2) is 0 Å². The number of carbonyl (C=O) groups is 1. The molecule has 0 unspecified atom stereocenters. The van der Waals surface area contributed by atoms with Crippen molar-refractivity contribution in [3.63, 3.8) is 0 Å². The van der Waals surface area contributed by atoms with Gasteiger partial charge in [-0.25, -0.2) is 4.98 Å². The third-order valence-corrected chi connectivity index (χ3v) is 4.13. The molecule has 0 saturated carbocycles. The molecule has 3 aromatic rings. The summed E-state index contributed by atoms with van der Waals surface area (Å²) in [5.41, 5.74) is 2.93. The molecule has 0 fully saturated rings. The standard InChI is InChI=1S/C21H22N2O2/c1-2-18-15-25-21(23-18)19(17-11-7-4-8-12-17)20(24)22-14-13-16-9-5-3-6-10-16/h3-12,15,19H,2,13-14H2,1H3,(H,22,24)/t19-/m1/s1. The molecule has 1 N–H and O–H groups in total. The van der Waals surface area contributed by atoms with Crippen LogP contribution in [0, 0.1) is 0 Å². The minimum absolute atomic E-state index is 0.0911. The van der Waals surface area contributed by atoms with E-state index in [1.807, 2.05) is 55.5 Å². The van der Waals surface area contributed by atoms with E-state index in [0.29, 0.717) is 12.4 Å². The number of hydrogen-bond acceptors (Lipinski definition) is 3. The number of hydrogen-bond donors (Lipinski definition) is 1. The smallest absolute Gasteiger partial charge is 0.237 e. The molecule has 4 nitrogen and oxygen atoms in total. The predicted molar refractivity (Wildman–Crippen MR) is 97.3 cm³/mol. The van der Waals surface area contributed by atoms with Gasteiger partial charge in [0.2, 0.25) is 11.8 Å². The summed E-state index contributed by atoms with van der Waals surface area (Å²) in [5.74, 6) is -0.177. The lowest BCUT2D eigenvalue weighted by molar-refractivity contribution is -0.122. The molecule has 0 aliphatic carbocycles. The van der Waals surface area contributed by atoms with Gasteiger partial charge in [0.25, 0.3) is 0 Å². The lowest BCUT2D eigenvalue weighted by Gasteiger charge is -2.14. The molecule has 1 atom stereocenters. The zero-order valence-electron chi connectivity index (χ0n) is 14.3. The second-order valence-electron chi connectivity index (χ2n) is 5.90. The Bertz CT molecular complexity index is 797. The van der Waals surface area contributed by atoms with E-state index in [9.17, 15) is 4.79 Å². The van der Waals surface area contributed by atoms with E-state index in [2.05, 4.69) is 22.4 Å². The summed E-state index contributed by atoms with van der Waals surface area (Å²) >= 11 is 0. The van der Waals surface area contributed by atoms with Gasteiger partial charge in [-0.1, -0.05) is 67.6 Å². The largest absolute Gasteiger partial charge is 0.447 e. The van der Waals surface area contributed by atoms with Gasteiger partial charge in [0.05, 0.1) is 5.69 Å². The average molecular weight is 334 g/mol. The van der Waals surface area contributed by atoms with E-state index in [4.69, 9.17) is 4.42 Å². The topological polar surface area (TPSA) is 55.1 Å². The van der Waals surface area contributed by atoms with Gasteiger partial charge in [-0.2, -0.15) is 0 Å². The summed E-state index contributed by atoms with van der Waals surface area (Å²) < 4.78 is 5.59. The van der Waals surface area contributed by atoms with Crippen LogP contribution in [0.2, 0.25) is 0 Å². The zero-order chi connectivity index (χ0) is 17.5. The molecule has 3 rings (SSSR count). The van der Waals surface area contributed by atoms with Gasteiger partial charge < -0.3 is 9.73 Å². The van der Waals surface area contributed by atoms with Crippen molar-refractivity contribution in [3.8, 4) is 0 Å². The van der Waals surface area contributed by atoms with Crippen molar-refractivity contribution in [2.75, 3.05) is 6.54 Å². The third kappa shape index (κ3) is 4.35. The van der Waals surface area contributed by atoms with Crippen molar-refractivity contribution in [1.82, 2.24) is 10.3 Å². The van der Waals surface area contributed by atoms with Crippen molar-refractivity contribution in [3.05, 3.63) is 89.6 Å². The molecule has 0 spiro atoms. The Hall–Kier alpha value is -2.88. The number of aryl methyl sites for hydroxylation is 1. The first-order chi connectivity index (χ1) is 12.3. The van der Waals surface area contributed by atoms with Gasteiger partial charge in [-0.15, -0.1) is 0 Å². The minimum Gasteiger partial charge on any atom is -0.447 e. The highest BCUT2D eigenvalue weighted by Crippen LogP contribution is 2.24. The molecule has 0 bridgehead atoms. The Balaban J connectivity index is 1.73. The van der Waals surface area contributed by atoms with Crippen LogP contribution >= 0.6 is 0 Å². The summed E-state index contributed by atoms with van der Waals surface area (Å²) in [6.07, 6.45) is 3.20. The first-order valence-corrected chi connectivity index (χ1v) is 8.58. The summed E-state index contributed by atoms with van der Waals surface area (Å²) in [4.78, 5) is 17.3. The molecule has 4 heteroatoms. The van der Waals surface area contributed by atoms with Crippen molar-refractivity contribution < 1.29 is 9.21 Å². The predicted octanol–water partition coefficient (Wildman–Crippen LogP) is 3.73. The fraction of sp³-hybridized carbons (Fsp3) is 0.238. The molecule has 0 saturated heterocycles. The fourth-order valence-corrected chi connectivity index (χ4v) is 2.75. The number of nitrogens with zero attached hydrogens (tertiary/aromatic N) is 1. The maximum absolute atomic E-state index is 12.8. The number of amides is 1. The highest BCUT2D eigenvalue weighted by Gasteiger charge is 2.27. The zero-order valence-corrected chi connectivity index (χ0v) is 14.3. The molecular formula is C21H22N2O2. The van der Waals surface area contributed by atoms with Gasteiger partial charge in [0.1, 0.15) is 12.2 Å². The highest BCUT2D eigenvalue weighted by molar-refractivity contribution is 5.86. The Morgan fingerprint density at radius 1 is 1.08 bits per heavy atom. The Morgan fingerprint density at radius 2 is 1.76 bits per heavy atom. The second kappa shape index (κ2) is 8.29. The highest BCUT2D eigenvalue weighted by atomic mass is 16.3. The van der Waals surface area contributed by atoms with Gasteiger partial charge in [0, 0.05) is 6.54 Å². The molecule has 0 aliphatic heterocycles. The summed E-state index contributed by atoms with van der Waals surface area (Å²) in [7, 11) is 0. The molecule has 2 aromatic carbocycles. The molecule has 1 heterocycles. The van der Waals surface area contributed by atoms with Gasteiger partial charge in [-0.3, -0.25) is 4.79 Å². The number of nitrogens with one attached hydrogen (secondary N) is 1. The lowest BCUT2D eigenvalue weighted by Crippen LogP contribution is -2.31. The van der Waals surface area contributed by atoms with Crippen LogP contribution in [0.1, 0.15) is 35.6 Å². The molecular weight excluding hydrogens is 312 g/mol. The Labute approximate surface area is 147 Å². The normalized spacial score (nSPS) is 11.9. The number of benzene rings is 2. The van der Waals surface area contributed by atoms with Crippen molar-refractivity contribution in [1.29, 1.82) is 0 Å². The maximum Gasteiger partial charge on any atom is 0.237 e. The summed E-state index contributed by atoms with van der Waals surface area (Å²) in [5, 5.41) is 3.02. The molecule has 1 amide bonds. The van der Waals surface area contributed by atoms with E-state index in [1.54, 1.807) is 6.26 Å². The summed E-state index contributed by atoms with van der Waals surface area (Å²) in [6.45, 7) is 2.59. The molecule has 128 valence electrons. The second-order valence-corrected chi connectivity index (χ2v) is 5.90. The van der Waals surface area contributed by atoms with Crippen LogP contribution in [0.25, 0.3) is 0 Å². The van der Waals surface area contributed by atoms with Crippen molar-refractivity contribution >= 4 is 5.91 Å². The maximum atomic E-state index is 12.8. The van der Waals surface area contributed by atoms with Crippen LogP contribution in [-0.4, -0.2) is 17.4 Å². The van der Waals surface area contributed by atoms with E-state index < -0.39 is 5.92 Å².